The Kier molecular flexibility index (Phi) is 6.35. The van der Waals surface area contributed by atoms with Gasteiger partial charge in [0.05, 0.1) is 4.90 Å². The van der Waals surface area contributed by atoms with Crippen LogP contribution in [0.15, 0.2) is 47.4 Å². The second-order valence-electron chi connectivity index (χ2n) is 6.19. The summed E-state index contributed by atoms with van der Waals surface area (Å²) in [5.41, 5.74) is 2.42. The molecule has 0 saturated heterocycles. The molecule has 7 nitrogen and oxygen atoms in total. The number of rotatable bonds is 7. The van der Waals surface area contributed by atoms with Gasteiger partial charge in [-0.3, -0.25) is 4.79 Å². The van der Waals surface area contributed by atoms with Gasteiger partial charge < -0.3 is 10.4 Å². The molecule has 0 heterocycles. The van der Waals surface area contributed by atoms with Gasteiger partial charge in [0.1, 0.15) is 0 Å². The molecule has 0 bridgehead atoms. The van der Waals surface area contributed by atoms with Crippen molar-refractivity contribution in [3.8, 4) is 0 Å². The highest BCUT2D eigenvalue weighted by atomic mass is 32.2. The topological polar surface area (TPSA) is 113 Å². The van der Waals surface area contributed by atoms with Crippen LogP contribution in [0.4, 0.5) is 0 Å². The molecule has 8 heteroatoms. The predicted octanol–water partition coefficient (Wildman–Crippen LogP) is 2.16. The fourth-order valence-electron chi connectivity index (χ4n) is 2.74. The van der Waals surface area contributed by atoms with Crippen LogP contribution < -0.4 is 10.0 Å². The zero-order chi connectivity index (χ0) is 20.2. The lowest BCUT2D eigenvalue weighted by Gasteiger charge is -2.16. The van der Waals surface area contributed by atoms with E-state index < -0.39 is 27.9 Å². The first-order valence-electron chi connectivity index (χ1n) is 8.35. The van der Waals surface area contributed by atoms with Gasteiger partial charge in [0, 0.05) is 12.1 Å². The average molecular weight is 390 g/mol. The van der Waals surface area contributed by atoms with Crippen LogP contribution in [-0.2, 0) is 14.8 Å². The van der Waals surface area contributed by atoms with Gasteiger partial charge in [-0.05, 0) is 43.7 Å². The molecule has 1 unspecified atom stereocenters. The highest BCUT2D eigenvalue weighted by Gasteiger charge is 2.23. The fourth-order valence-corrected chi connectivity index (χ4v) is 3.78. The Balaban J connectivity index is 2.24. The van der Waals surface area contributed by atoms with Crippen LogP contribution in [0.5, 0.6) is 0 Å². The van der Waals surface area contributed by atoms with Crippen molar-refractivity contribution in [1.82, 2.24) is 10.0 Å². The molecular weight excluding hydrogens is 368 g/mol. The van der Waals surface area contributed by atoms with Crippen LogP contribution >= 0.6 is 0 Å². The van der Waals surface area contributed by atoms with Crippen molar-refractivity contribution in [1.29, 1.82) is 0 Å². The highest BCUT2D eigenvalue weighted by Crippen LogP contribution is 2.19. The maximum atomic E-state index is 12.4. The number of hydrogen-bond donors (Lipinski definition) is 3. The van der Waals surface area contributed by atoms with E-state index >= 15 is 0 Å². The molecule has 1 amide bonds. The second kappa shape index (κ2) is 8.32. The summed E-state index contributed by atoms with van der Waals surface area (Å²) >= 11 is 0. The number of aryl methyl sites for hydroxylation is 2. The standard InChI is InChI=1S/C19H22N2O5S/c1-4-20-27(25,26)16-7-5-14(6-8-16)18(22)21-17(19(23)24)15-10-12(2)9-13(3)11-15/h5-11,17,20H,4H2,1-3H3,(H,21,22)(H,23,24). The molecule has 27 heavy (non-hydrogen) atoms. The highest BCUT2D eigenvalue weighted by molar-refractivity contribution is 7.89. The molecule has 0 aromatic heterocycles. The molecule has 1 atom stereocenters. The Labute approximate surface area is 158 Å². The smallest absolute Gasteiger partial charge is 0.330 e. The Morgan fingerprint density at radius 2 is 1.59 bits per heavy atom. The van der Waals surface area contributed by atoms with Crippen LogP contribution in [-0.4, -0.2) is 31.9 Å². The van der Waals surface area contributed by atoms with Gasteiger partial charge in [-0.15, -0.1) is 0 Å². The van der Waals surface area contributed by atoms with Crippen LogP contribution in [0.1, 0.15) is 40.0 Å². The van der Waals surface area contributed by atoms with Gasteiger partial charge in [0.15, 0.2) is 6.04 Å². The van der Waals surface area contributed by atoms with Gasteiger partial charge in [-0.1, -0.05) is 36.2 Å². The minimum Gasteiger partial charge on any atom is -0.479 e. The molecular formula is C19H22N2O5S. The minimum absolute atomic E-state index is 0.0324. The van der Waals surface area contributed by atoms with E-state index in [1.807, 2.05) is 19.9 Å². The van der Waals surface area contributed by atoms with E-state index in [1.165, 1.54) is 24.3 Å². The number of benzene rings is 2. The summed E-state index contributed by atoms with van der Waals surface area (Å²) in [6.07, 6.45) is 0. The summed E-state index contributed by atoms with van der Waals surface area (Å²) < 4.78 is 26.2. The number of carboxylic acid groups (broad SMARTS) is 1. The Morgan fingerprint density at radius 3 is 2.07 bits per heavy atom. The molecule has 144 valence electrons. The largest absolute Gasteiger partial charge is 0.479 e. The molecule has 0 radical (unpaired) electrons. The third kappa shape index (κ3) is 5.15. The minimum atomic E-state index is -3.62. The first kappa shape index (κ1) is 20.6. The van der Waals surface area contributed by atoms with Crippen molar-refractivity contribution < 1.29 is 23.1 Å². The third-order valence-corrected chi connectivity index (χ3v) is 5.42. The van der Waals surface area contributed by atoms with E-state index in [4.69, 9.17) is 0 Å². The van der Waals surface area contributed by atoms with Gasteiger partial charge >= 0.3 is 5.97 Å². The lowest BCUT2D eigenvalue weighted by molar-refractivity contribution is -0.139. The number of aliphatic carboxylic acids is 1. The van der Waals surface area contributed by atoms with Crippen LogP contribution in [0, 0.1) is 13.8 Å². The molecule has 0 aliphatic heterocycles. The van der Waals surface area contributed by atoms with E-state index in [2.05, 4.69) is 10.0 Å². The summed E-state index contributed by atoms with van der Waals surface area (Å²) in [6, 6.07) is 9.42. The summed E-state index contributed by atoms with van der Waals surface area (Å²) in [4.78, 5) is 24.1. The van der Waals surface area contributed by atoms with Crippen molar-refractivity contribution >= 4 is 21.9 Å². The lowest BCUT2D eigenvalue weighted by Crippen LogP contribution is -2.34. The normalized spacial score (nSPS) is 12.4. The molecule has 2 rings (SSSR count). The van der Waals surface area contributed by atoms with Crippen LogP contribution in [0.3, 0.4) is 0 Å². The van der Waals surface area contributed by atoms with Crippen molar-refractivity contribution in [3.05, 3.63) is 64.7 Å². The number of sulfonamides is 1. The summed E-state index contributed by atoms with van der Waals surface area (Å²) in [6.45, 7) is 5.61. The number of carboxylic acids is 1. The number of nitrogens with one attached hydrogen (secondary N) is 2. The molecule has 0 saturated carbocycles. The molecule has 2 aromatic carbocycles. The molecule has 2 aromatic rings. The SMILES string of the molecule is CCNS(=O)(=O)c1ccc(C(=O)NC(C(=O)O)c2cc(C)cc(C)c2)cc1. The van der Waals surface area contributed by atoms with Gasteiger partial charge in [0.2, 0.25) is 10.0 Å². The predicted molar refractivity (Wildman–Crippen MR) is 101 cm³/mol. The van der Waals surface area contributed by atoms with Gasteiger partial charge in [-0.2, -0.15) is 0 Å². The quantitative estimate of drug-likeness (QED) is 0.671. The first-order valence-corrected chi connectivity index (χ1v) is 9.84. The zero-order valence-corrected chi connectivity index (χ0v) is 16.1. The zero-order valence-electron chi connectivity index (χ0n) is 15.3. The van der Waals surface area contributed by atoms with Crippen LogP contribution in [0.25, 0.3) is 0 Å². The van der Waals surface area contributed by atoms with E-state index in [0.29, 0.717) is 5.56 Å². The summed E-state index contributed by atoms with van der Waals surface area (Å²) in [5, 5.41) is 12.0. The maximum Gasteiger partial charge on any atom is 0.330 e. The summed E-state index contributed by atoms with van der Waals surface area (Å²) in [7, 11) is -3.62. The van der Waals surface area contributed by atoms with Crippen molar-refractivity contribution in [2.75, 3.05) is 6.54 Å². The number of hydrogen-bond acceptors (Lipinski definition) is 4. The number of carbonyl (C=O) groups excluding carboxylic acids is 1. The Hall–Kier alpha value is -2.71. The Bertz CT molecular complexity index is 932. The van der Waals surface area contributed by atoms with E-state index in [9.17, 15) is 23.1 Å². The summed E-state index contributed by atoms with van der Waals surface area (Å²) in [5.74, 6) is -1.78. The van der Waals surface area contributed by atoms with Gasteiger partial charge in [-0.25, -0.2) is 17.9 Å². The molecule has 0 aliphatic carbocycles. The second-order valence-corrected chi connectivity index (χ2v) is 7.96. The molecule has 0 spiro atoms. The average Bonchev–Trinajstić information content (AvgIpc) is 2.58. The number of amides is 1. The first-order chi connectivity index (χ1) is 12.6. The number of carbonyl (C=O) groups is 2. The monoisotopic (exact) mass is 390 g/mol. The van der Waals surface area contributed by atoms with Crippen LogP contribution in [0.2, 0.25) is 0 Å². The lowest BCUT2D eigenvalue weighted by atomic mass is 10.0. The van der Waals surface area contributed by atoms with E-state index in [0.717, 1.165) is 11.1 Å². The van der Waals surface area contributed by atoms with Crippen molar-refractivity contribution in [3.63, 3.8) is 0 Å². The van der Waals surface area contributed by atoms with E-state index in [1.54, 1.807) is 19.1 Å². The maximum absolute atomic E-state index is 12.4. The Morgan fingerprint density at radius 1 is 1.04 bits per heavy atom. The fraction of sp³-hybridized carbons (Fsp3) is 0.263. The molecule has 0 aliphatic rings. The van der Waals surface area contributed by atoms with E-state index in [-0.39, 0.29) is 17.0 Å². The third-order valence-electron chi connectivity index (χ3n) is 3.86. The van der Waals surface area contributed by atoms with Crippen molar-refractivity contribution in [2.24, 2.45) is 0 Å². The van der Waals surface area contributed by atoms with Gasteiger partial charge in [0.25, 0.3) is 5.91 Å². The molecule has 3 N–H and O–H groups in total. The molecule has 0 fully saturated rings. The van der Waals surface area contributed by atoms with Crippen molar-refractivity contribution in [2.45, 2.75) is 31.7 Å².